The smallest absolute Gasteiger partial charge is 0.282 e. The Balaban J connectivity index is 1.90. The number of fused-ring (bicyclic) bond motifs is 1. The molecule has 0 fully saturated rings. The Hall–Kier alpha value is -2.77. The molecular formula is C16H13N3O3S. The fourth-order valence-electron chi connectivity index (χ4n) is 2.21. The third kappa shape index (κ3) is 3.36. The van der Waals surface area contributed by atoms with Crippen molar-refractivity contribution in [2.45, 2.75) is 4.90 Å². The van der Waals surface area contributed by atoms with Gasteiger partial charge in [0, 0.05) is 5.39 Å². The average molecular weight is 327 g/mol. The van der Waals surface area contributed by atoms with Crippen LogP contribution in [0, 0.1) is 0 Å². The van der Waals surface area contributed by atoms with Gasteiger partial charge in [-0.15, -0.1) is 5.11 Å². The number of benzene rings is 3. The minimum atomic E-state index is -4.34. The molecule has 0 atom stereocenters. The minimum absolute atomic E-state index is 0.0581. The van der Waals surface area contributed by atoms with E-state index in [-0.39, 0.29) is 10.6 Å². The first-order valence-corrected chi connectivity index (χ1v) is 8.21. The van der Waals surface area contributed by atoms with Crippen molar-refractivity contribution >= 4 is 32.3 Å². The number of hydrogen-bond donors (Lipinski definition) is 2. The summed E-state index contributed by atoms with van der Waals surface area (Å²) in [6, 6.07) is 19.3. The summed E-state index contributed by atoms with van der Waals surface area (Å²) in [5.41, 5.74) is 3.60. The van der Waals surface area contributed by atoms with Crippen molar-refractivity contribution in [3.05, 3.63) is 66.7 Å². The molecule has 3 rings (SSSR count). The summed E-state index contributed by atoms with van der Waals surface area (Å²) in [4.78, 5) is -0.288. The van der Waals surface area contributed by atoms with Crippen LogP contribution in [-0.2, 0) is 10.1 Å². The van der Waals surface area contributed by atoms with Crippen LogP contribution in [0.15, 0.2) is 82.0 Å². The molecule has 6 nitrogen and oxygen atoms in total. The molecule has 23 heavy (non-hydrogen) atoms. The highest BCUT2D eigenvalue weighted by molar-refractivity contribution is 7.86. The van der Waals surface area contributed by atoms with E-state index >= 15 is 0 Å². The van der Waals surface area contributed by atoms with E-state index in [9.17, 15) is 13.0 Å². The molecule has 3 aromatic rings. The maximum atomic E-state index is 11.3. The van der Waals surface area contributed by atoms with Crippen LogP contribution in [0.1, 0.15) is 0 Å². The SMILES string of the molecule is O=S(=O)(O)c1ccccc1N=NNc1cccc2ccccc12. The van der Waals surface area contributed by atoms with Crippen molar-refractivity contribution in [1.29, 1.82) is 0 Å². The molecular weight excluding hydrogens is 314 g/mol. The van der Waals surface area contributed by atoms with Crippen molar-refractivity contribution < 1.29 is 13.0 Å². The van der Waals surface area contributed by atoms with Crippen LogP contribution in [0.3, 0.4) is 0 Å². The third-order valence-electron chi connectivity index (χ3n) is 3.26. The zero-order valence-corrected chi connectivity index (χ0v) is 12.7. The summed E-state index contributed by atoms with van der Waals surface area (Å²) >= 11 is 0. The van der Waals surface area contributed by atoms with Gasteiger partial charge in [-0.25, -0.2) is 0 Å². The molecule has 0 saturated carbocycles. The number of nitrogens with one attached hydrogen (secondary N) is 1. The minimum Gasteiger partial charge on any atom is -0.282 e. The Morgan fingerprint density at radius 1 is 0.870 bits per heavy atom. The maximum absolute atomic E-state index is 11.3. The first kappa shape index (κ1) is 15.1. The van der Waals surface area contributed by atoms with Gasteiger partial charge >= 0.3 is 0 Å². The van der Waals surface area contributed by atoms with Crippen molar-refractivity contribution in [1.82, 2.24) is 0 Å². The molecule has 0 heterocycles. The van der Waals surface area contributed by atoms with Crippen LogP contribution in [0.5, 0.6) is 0 Å². The second-order valence-electron chi connectivity index (χ2n) is 4.78. The number of hydrogen-bond acceptors (Lipinski definition) is 4. The van der Waals surface area contributed by atoms with Gasteiger partial charge in [0.05, 0.1) is 5.69 Å². The van der Waals surface area contributed by atoms with Gasteiger partial charge in [0.1, 0.15) is 10.6 Å². The molecule has 0 aliphatic carbocycles. The summed E-state index contributed by atoms with van der Waals surface area (Å²) in [6.45, 7) is 0. The van der Waals surface area contributed by atoms with Gasteiger partial charge in [-0.3, -0.25) is 9.98 Å². The molecule has 116 valence electrons. The quantitative estimate of drug-likeness (QED) is 0.427. The predicted octanol–water partition coefficient (Wildman–Crippen LogP) is 4.20. The Morgan fingerprint density at radius 2 is 1.57 bits per heavy atom. The molecule has 3 aromatic carbocycles. The molecule has 0 amide bonds. The molecule has 0 radical (unpaired) electrons. The van der Waals surface area contributed by atoms with Crippen LogP contribution in [0.25, 0.3) is 10.8 Å². The highest BCUT2D eigenvalue weighted by atomic mass is 32.2. The van der Waals surface area contributed by atoms with E-state index in [1.54, 1.807) is 6.07 Å². The van der Waals surface area contributed by atoms with Gasteiger partial charge in [0.15, 0.2) is 0 Å². The Labute approximate surface area is 133 Å². The van der Waals surface area contributed by atoms with Crippen LogP contribution < -0.4 is 5.43 Å². The van der Waals surface area contributed by atoms with Crippen LogP contribution >= 0.6 is 0 Å². The largest absolute Gasteiger partial charge is 0.296 e. The van der Waals surface area contributed by atoms with E-state index in [4.69, 9.17) is 0 Å². The Kier molecular flexibility index (Phi) is 4.05. The standard InChI is InChI=1S/C16H13N3O3S/c20-23(21,22)16-11-4-3-9-15(16)18-19-17-14-10-5-7-12-6-1-2-8-13(12)14/h1-11H,(H,17,18)(H,20,21,22). The van der Waals surface area contributed by atoms with Crippen LogP contribution in [0.4, 0.5) is 11.4 Å². The van der Waals surface area contributed by atoms with Crippen molar-refractivity contribution in [2.75, 3.05) is 5.43 Å². The fraction of sp³-hybridized carbons (Fsp3) is 0. The van der Waals surface area contributed by atoms with E-state index in [1.165, 1.54) is 18.2 Å². The molecule has 7 heteroatoms. The lowest BCUT2D eigenvalue weighted by Crippen LogP contribution is -1.98. The zero-order valence-electron chi connectivity index (χ0n) is 11.9. The van der Waals surface area contributed by atoms with E-state index in [1.807, 2.05) is 42.5 Å². The Bertz CT molecular complexity index is 979. The molecule has 0 aromatic heterocycles. The van der Waals surface area contributed by atoms with Gasteiger partial charge in [-0.2, -0.15) is 8.42 Å². The lowest BCUT2D eigenvalue weighted by atomic mass is 10.1. The third-order valence-corrected chi connectivity index (χ3v) is 4.16. The zero-order chi connectivity index (χ0) is 16.3. The Morgan fingerprint density at radius 3 is 2.39 bits per heavy atom. The molecule has 0 bridgehead atoms. The number of rotatable bonds is 4. The molecule has 0 aliphatic heterocycles. The molecule has 0 unspecified atom stereocenters. The summed E-state index contributed by atoms with van der Waals surface area (Å²) < 4.78 is 31.8. The normalized spacial score (nSPS) is 11.9. The maximum Gasteiger partial charge on any atom is 0.296 e. The highest BCUT2D eigenvalue weighted by Gasteiger charge is 2.14. The van der Waals surface area contributed by atoms with Gasteiger partial charge in [-0.1, -0.05) is 53.8 Å². The summed E-state index contributed by atoms with van der Waals surface area (Å²) in [5, 5.41) is 9.70. The fourth-order valence-corrected chi connectivity index (χ4v) is 2.84. The first-order chi connectivity index (χ1) is 11.1. The van der Waals surface area contributed by atoms with Crippen LogP contribution in [0.2, 0.25) is 0 Å². The number of nitrogens with zero attached hydrogens (tertiary/aromatic N) is 2. The lowest BCUT2D eigenvalue weighted by molar-refractivity contribution is 0.483. The van der Waals surface area contributed by atoms with E-state index < -0.39 is 10.1 Å². The van der Waals surface area contributed by atoms with Crippen LogP contribution in [-0.4, -0.2) is 13.0 Å². The summed E-state index contributed by atoms with van der Waals surface area (Å²) in [5.74, 6) is 0. The van der Waals surface area contributed by atoms with Gasteiger partial charge < -0.3 is 0 Å². The monoisotopic (exact) mass is 327 g/mol. The average Bonchev–Trinajstić information content (AvgIpc) is 2.55. The van der Waals surface area contributed by atoms with E-state index in [0.29, 0.717) is 0 Å². The summed E-state index contributed by atoms with van der Waals surface area (Å²) in [6.07, 6.45) is 0. The molecule has 2 N–H and O–H groups in total. The van der Waals surface area contributed by atoms with E-state index in [0.717, 1.165) is 16.5 Å². The van der Waals surface area contributed by atoms with Gasteiger partial charge in [0.2, 0.25) is 0 Å². The van der Waals surface area contributed by atoms with E-state index in [2.05, 4.69) is 15.8 Å². The van der Waals surface area contributed by atoms with Crippen molar-refractivity contribution in [3.8, 4) is 0 Å². The predicted molar refractivity (Wildman–Crippen MR) is 88.3 cm³/mol. The van der Waals surface area contributed by atoms with Gasteiger partial charge in [-0.05, 0) is 23.6 Å². The topological polar surface area (TPSA) is 91.1 Å². The second kappa shape index (κ2) is 6.15. The highest BCUT2D eigenvalue weighted by Crippen LogP contribution is 2.25. The van der Waals surface area contributed by atoms with Crippen molar-refractivity contribution in [2.24, 2.45) is 10.3 Å². The molecule has 0 saturated heterocycles. The first-order valence-electron chi connectivity index (χ1n) is 6.77. The second-order valence-corrected chi connectivity index (χ2v) is 6.17. The molecule has 0 aliphatic rings. The lowest BCUT2D eigenvalue weighted by Gasteiger charge is -2.05. The van der Waals surface area contributed by atoms with Gasteiger partial charge in [0.25, 0.3) is 10.1 Å². The summed E-state index contributed by atoms with van der Waals surface area (Å²) in [7, 11) is -4.34. The number of anilines is 1. The van der Waals surface area contributed by atoms with Crippen molar-refractivity contribution in [3.63, 3.8) is 0 Å². The molecule has 0 spiro atoms.